The van der Waals surface area contributed by atoms with E-state index in [4.69, 9.17) is 10.5 Å². The van der Waals surface area contributed by atoms with Gasteiger partial charge in [0.05, 0.1) is 0 Å². The van der Waals surface area contributed by atoms with Crippen molar-refractivity contribution in [3.05, 3.63) is 29.8 Å². The van der Waals surface area contributed by atoms with Gasteiger partial charge in [0.15, 0.2) is 6.61 Å². The van der Waals surface area contributed by atoms with Crippen LogP contribution in [0.1, 0.15) is 31.2 Å². The Kier molecular flexibility index (Phi) is 5.78. The normalized spacial score (nSPS) is 23.8. The van der Waals surface area contributed by atoms with Crippen LogP contribution >= 0.6 is 0 Å². The smallest absolute Gasteiger partial charge is 0.325 e. The Morgan fingerprint density at radius 1 is 1.12 bits per heavy atom. The van der Waals surface area contributed by atoms with Gasteiger partial charge in [0.2, 0.25) is 0 Å². The van der Waals surface area contributed by atoms with E-state index in [9.17, 15) is 14.7 Å². The first-order valence-corrected chi connectivity index (χ1v) is 9.20. The highest BCUT2D eigenvalue weighted by atomic mass is 16.5. The largest absolute Gasteiger partial charge is 0.484 e. The minimum atomic E-state index is -1.14. The molecule has 1 atom stereocenters. The van der Waals surface area contributed by atoms with Crippen LogP contribution in [0.2, 0.25) is 0 Å². The van der Waals surface area contributed by atoms with Crippen LogP contribution in [-0.2, 0) is 16.1 Å². The fourth-order valence-electron chi connectivity index (χ4n) is 3.55. The van der Waals surface area contributed by atoms with Crippen LogP contribution < -0.4 is 10.5 Å². The van der Waals surface area contributed by atoms with Crippen molar-refractivity contribution in [1.29, 1.82) is 0 Å². The molecule has 1 amide bonds. The SMILES string of the molecule is N[C@]1(C(=O)O)CCN(Cc2ccc(OCC(=O)N3CCCCC3)cc2)C1. The second-order valence-corrected chi connectivity index (χ2v) is 7.30. The third kappa shape index (κ3) is 4.53. The number of piperidine rings is 1. The molecular weight excluding hydrogens is 334 g/mol. The predicted octanol–water partition coefficient (Wildman–Crippen LogP) is 1.07. The predicted molar refractivity (Wildman–Crippen MR) is 96.8 cm³/mol. The summed E-state index contributed by atoms with van der Waals surface area (Å²) < 4.78 is 5.61. The molecule has 2 aliphatic rings. The highest BCUT2D eigenvalue weighted by Crippen LogP contribution is 2.22. The van der Waals surface area contributed by atoms with Gasteiger partial charge in [0, 0.05) is 32.7 Å². The van der Waals surface area contributed by atoms with Crippen LogP contribution in [0.5, 0.6) is 5.75 Å². The van der Waals surface area contributed by atoms with Gasteiger partial charge in [0.1, 0.15) is 11.3 Å². The Morgan fingerprint density at radius 2 is 1.81 bits per heavy atom. The van der Waals surface area contributed by atoms with E-state index >= 15 is 0 Å². The van der Waals surface area contributed by atoms with E-state index in [0.717, 1.165) is 31.5 Å². The molecule has 1 aromatic rings. The monoisotopic (exact) mass is 361 g/mol. The number of carboxylic acids is 1. The van der Waals surface area contributed by atoms with Crippen molar-refractivity contribution in [1.82, 2.24) is 9.80 Å². The molecule has 0 unspecified atom stereocenters. The number of carbonyl (C=O) groups is 2. The maximum atomic E-state index is 12.1. The summed E-state index contributed by atoms with van der Waals surface area (Å²) in [7, 11) is 0. The molecule has 7 nitrogen and oxygen atoms in total. The summed E-state index contributed by atoms with van der Waals surface area (Å²) in [4.78, 5) is 27.2. The first-order chi connectivity index (χ1) is 12.5. The lowest BCUT2D eigenvalue weighted by Gasteiger charge is -2.26. The molecule has 0 aromatic heterocycles. The van der Waals surface area contributed by atoms with Gasteiger partial charge in [-0.2, -0.15) is 0 Å². The van der Waals surface area contributed by atoms with E-state index < -0.39 is 11.5 Å². The summed E-state index contributed by atoms with van der Waals surface area (Å²) in [5.74, 6) is -0.236. The lowest BCUT2D eigenvalue weighted by Crippen LogP contribution is -2.50. The van der Waals surface area contributed by atoms with Gasteiger partial charge < -0.3 is 20.5 Å². The van der Waals surface area contributed by atoms with Crippen molar-refractivity contribution in [2.24, 2.45) is 5.73 Å². The highest BCUT2D eigenvalue weighted by molar-refractivity contribution is 5.79. The molecule has 1 aromatic carbocycles. The number of ether oxygens (including phenoxy) is 1. The molecule has 3 rings (SSSR count). The van der Waals surface area contributed by atoms with Crippen LogP contribution in [0, 0.1) is 0 Å². The summed E-state index contributed by atoms with van der Waals surface area (Å²) in [5.41, 5.74) is 5.83. The van der Waals surface area contributed by atoms with E-state index in [0.29, 0.717) is 31.8 Å². The Labute approximate surface area is 153 Å². The van der Waals surface area contributed by atoms with Gasteiger partial charge in [-0.05, 0) is 43.4 Å². The Hall–Kier alpha value is -2.12. The number of aliphatic carboxylic acids is 1. The number of benzene rings is 1. The van der Waals surface area contributed by atoms with Gasteiger partial charge in [0.25, 0.3) is 5.91 Å². The van der Waals surface area contributed by atoms with Crippen LogP contribution in [-0.4, -0.2) is 65.1 Å². The number of nitrogens with zero attached hydrogens (tertiary/aromatic N) is 2. The van der Waals surface area contributed by atoms with Crippen molar-refractivity contribution in [3.8, 4) is 5.75 Å². The lowest BCUT2D eigenvalue weighted by molar-refractivity contribution is -0.142. The number of hydrogen-bond donors (Lipinski definition) is 2. The number of hydrogen-bond acceptors (Lipinski definition) is 5. The topological polar surface area (TPSA) is 96.1 Å². The van der Waals surface area contributed by atoms with Crippen LogP contribution in [0.4, 0.5) is 0 Å². The van der Waals surface area contributed by atoms with E-state index in [2.05, 4.69) is 0 Å². The number of amides is 1. The molecular formula is C19H27N3O4. The zero-order valence-electron chi connectivity index (χ0n) is 15.0. The molecule has 0 aliphatic carbocycles. The fraction of sp³-hybridized carbons (Fsp3) is 0.579. The molecule has 2 fully saturated rings. The zero-order chi connectivity index (χ0) is 18.6. The molecule has 2 heterocycles. The van der Waals surface area contributed by atoms with Crippen molar-refractivity contribution in [2.45, 2.75) is 37.8 Å². The second-order valence-electron chi connectivity index (χ2n) is 7.30. The van der Waals surface area contributed by atoms with E-state index in [1.54, 1.807) is 0 Å². The molecule has 3 N–H and O–H groups in total. The van der Waals surface area contributed by atoms with Crippen LogP contribution in [0.15, 0.2) is 24.3 Å². The number of nitrogens with two attached hydrogens (primary N) is 1. The van der Waals surface area contributed by atoms with Crippen LogP contribution in [0.25, 0.3) is 0 Å². The number of likely N-dealkylation sites (tertiary alicyclic amines) is 2. The molecule has 0 spiro atoms. The maximum Gasteiger partial charge on any atom is 0.325 e. The van der Waals surface area contributed by atoms with E-state index in [1.807, 2.05) is 34.1 Å². The molecule has 0 radical (unpaired) electrons. The summed E-state index contributed by atoms with van der Waals surface area (Å²) in [6, 6.07) is 7.58. The average Bonchev–Trinajstić information content (AvgIpc) is 3.04. The first-order valence-electron chi connectivity index (χ1n) is 9.20. The third-order valence-corrected chi connectivity index (χ3v) is 5.21. The third-order valence-electron chi connectivity index (χ3n) is 5.21. The minimum absolute atomic E-state index is 0.0406. The molecule has 7 heteroatoms. The molecule has 0 saturated carbocycles. The second kappa shape index (κ2) is 8.05. The highest BCUT2D eigenvalue weighted by Gasteiger charge is 2.40. The number of rotatable bonds is 6. The average molecular weight is 361 g/mol. The van der Waals surface area contributed by atoms with Gasteiger partial charge in [-0.3, -0.25) is 14.5 Å². The van der Waals surface area contributed by atoms with E-state index in [-0.39, 0.29) is 12.5 Å². The number of carbonyl (C=O) groups excluding carboxylic acids is 1. The molecule has 142 valence electrons. The summed E-state index contributed by atoms with van der Waals surface area (Å²) >= 11 is 0. The summed E-state index contributed by atoms with van der Waals surface area (Å²) in [6.07, 6.45) is 3.80. The van der Waals surface area contributed by atoms with Crippen molar-refractivity contribution >= 4 is 11.9 Å². The van der Waals surface area contributed by atoms with Gasteiger partial charge >= 0.3 is 5.97 Å². The molecule has 2 saturated heterocycles. The van der Waals surface area contributed by atoms with Gasteiger partial charge in [-0.15, -0.1) is 0 Å². The van der Waals surface area contributed by atoms with Crippen molar-refractivity contribution in [2.75, 3.05) is 32.8 Å². The Morgan fingerprint density at radius 3 is 2.42 bits per heavy atom. The zero-order valence-corrected chi connectivity index (χ0v) is 15.0. The van der Waals surface area contributed by atoms with Crippen molar-refractivity contribution < 1.29 is 19.4 Å². The van der Waals surface area contributed by atoms with Crippen molar-refractivity contribution in [3.63, 3.8) is 0 Å². The molecule has 26 heavy (non-hydrogen) atoms. The minimum Gasteiger partial charge on any atom is -0.484 e. The summed E-state index contributed by atoms with van der Waals surface area (Å²) in [6.45, 7) is 3.40. The fourth-order valence-corrected chi connectivity index (χ4v) is 3.55. The van der Waals surface area contributed by atoms with E-state index in [1.165, 1.54) is 6.42 Å². The Balaban J connectivity index is 1.46. The van der Waals surface area contributed by atoms with Crippen LogP contribution in [0.3, 0.4) is 0 Å². The van der Waals surface area contributed by atoms with Gasteiger partial charge in [-0.1, -0.05) is 12.1 Å². The quantitative estimate of drug-likeness (QED) is 0.787. The Bertz CT molecular complexity index is 643. The molecule has 2 aliphatic heterocycles. The lowest BCUT2D eigenvalue weighted by atomic mass is 10.0. The first kappa shape index (κ1) is 18.7. The summed E-state index contributed by atoms with van der Waals surface area (Å²) in [5, 5.41) is 9.19. The molecule has 0 bridgehead atoms. The maximum absolute atomic E-state index is 12.1. The van der Waals surface area contributed by atoms with Gasteiger partial charge in [-0.25, -0.2) is 0 Å². The number of carboxylic acid groups (broad SMARTS) is 1. The standard InChI is InChI=1S/C19H27N3O4/c20-19(18(24)25)8-11-21(14-19)12-15-4-6-16(7-5-15)26-13-17(23)22-9-2-1-3-10-22/h4-7H,1-3,8-14,20H2,(H,24,25)/t19-/m1/s1.